The summed E-state index contributed by atoms with van der Waals surface area (Å²) in [6.45, 7) is 7.57. The van der Waals surface area contributed by atoms with Crippen molar-refractivity contribution in [2.24, 2.45) is 5.84 Å². The number of likely N-dealkylation sites (tertiary alicyclic amines) is 1. The Labute approximate surface area is 90.8 Å². The highest BCUT2D eigenvalue weighted by molar-refractivity contribution is 5.66. The number of rotatable bonds is 0. The average molecular weight is 216 g/mol. The summed E-state index contributed by atoms with van der Waals surface area (Å²) in [5.41, 5.74) is 1.05. The monoisotopic (exact) mass is 216 g/mol. The van der Waals surface area contributed by atoms with Crippen LogP contribution in [-0.2, 0) is 0 Å². The van der Waals surface area contributed by atoms with Gasteiger partial charge in [0.05, 0.1) is 0 Å². The van der Waals surface area contributed by atoms with Crippen LogP contribution in [0.5, 0.6) is 0 Å². The van der Waals surface area contributed by atoms with Gasteiger partial charge in [-0.05, 0) is 34.1 Å². The third kappa shape index (κ3) is 1.55. The third-order valence-corrected chi connectivity index (χ3v) is 3.75. The molecule has 0 saturated carbocycles. The van der Waals surface area contributed by atoms with Gasteiger partial charge < -0.3 is 0 Å². The molecule has 5 nitrogen and oxygen atoms in total. The molecule has 15 heavy (non-hydrogen) atoms. The van der Waals surface area contributed by atoms with Crippen molar-refractivity contribution in [3.8, 4) is 0 Å². The van der Waals surface area contributed by atoms with Crippen molar-refractivity contribution in [3.05, 3.63) is 0 Å². The molecule has 4 N–H and O–H groups in total. The zero-order valence-electron chi connectivity index (χ0n) is 10.0. The molecule has 5 heteroatoms. The molecule has 0 aromatic heterocycles. The number of hydrogen-bond donors (Lipinski definition) is 3. The van der Waals surface area contributed by atoms with E-state index >= 15 is 0 Å². The molecule has 0 aliphatic carbocycles. The van der Waals surface area contributed by atoms with Gasteiger partial charge in [-0.2, -0.15) is 0 Å². The highest BCUT2D eigenvalue weighted by Crippen LogP contribution is 2.43. The fourth-order valence-corrected chi connectivity index (χ4v) is 2.74. The van der Waals surface area contributed by atoms with Crippen LogP contribution in [0.2, 0.25) is 0 Å². The fourth-order valence-electron chi connectivity index (χ4n) is 2.74. The van der Waals surface area contributed by atoms with Crippen LogP contribution >= 0.6 is 0 Å². The number of nitrogens with zero attached hydrogens (tertiary/aromatic N) is 1. The summed E-state index contributed by atoms with van der Waals surface area (Å²) in [6, 6.07) is -0.537. The normalized spacial score (nSPS) is 27.1. The maximum atomic E-state index is 11.8. The lowest BCUT2D eigenvalue weighted by Crippen LogP contribution is -2.76. The second-order valence-electron chi connectivity index (χ2n) is 5.56. The van der Waals surface area contributed by atoms with E-state index in [1.54, 1.807) is 0 Å². The van der Waals surface area contributed by atoms with Crippen LogP contribution in [0.1, 0.15) is 47.0 Å². The Hall–Kier alpha value is -0.650. The van der Waals surface area contributed by atoms with Gasteiger partial charge in [-0.25, -0.2) is 21.3 Å². The number of hydroxylamine groups is 3. The Morgan fingerprint density at radius 1 is 1.27 bits per heavy atom. The largest absolute Gasteiger partial charge is 0.463 e. The first kappa shape index (κ1) is 12.4. The van der Waals surface area contributed by atoms with Crippen molar-refractivity contribution in [3.63, 3.8) is 0 Å². The lowest BCUT2D eigenvalue weighted by Gasteiger charge is -2.52. The molecule has 0 spiro atoms. The molecule has 0 aromatic rings. The molecule has 0 radical (unpaired) electrons. The van der Waals surface area contributed by atoms with Gasteiger partial charge in [-0.3, -0.25) is 0 Å². The van der Waals surface area contributed by atoms with Crippen molar-refractivity contribution in [2.45, 2.75) is 58.0 Å². The zero-order valence-corrected chi connectivity index (χ0v) is 10.0. The molecule has 1 aliphatic heterocycles. The smallest absolute Gasteiger partial charge is 0.243 e. The van der Waals surface area contributed by atoms with Gasteiger partial charge in [-0.15, -0.1) is 0 Å². The third-order valence-electron chi connectivity index (χ3n) is 3.75. The van der Waals surface area contributed by atoms with Gasteiger partial charge >= 0.3 is 6.03 Å². The van der Waals surface area contributed by atoms with E-state index < -0.39 is 21.8 Å². The van der Waals surface area contributed by atoms with Crippen LogP contribution < -0.4 is 11.3 Å². The molecule has 1 heterocycles. The van der Waals surface area contributed by atoms with E-state index in [0.29, 0.717) is 0 Å². The van der Waals surface area contributed by atoms with Crippen LogP contribution in [0.4, 0.5) is 4.79 Å². The molecule has 1 aliphatic rings. The second kappa shape index (κ2) is 3.43. The average Bonchev–Trinajstić information content (AvgIpc) is 2.12. The Bertz CT molecular complexity index is 258. The second-order valence-corrected chi connectivity index (χ2v) is 5.56. The fraction of sp³-hybridized carbons (Fsp3) is 0.900. The minimum absolute atomic E-state index is 0.509. The van der Waals surface area contributed by atoms with Gasteiger partial charge in [0, 0.05) is 12.8 Å². The molecule has 0 unspecified atom stereocenters. The molecule has 0 atom stereocenters. The van der Waals surface area contributed by atoms with E-state index in [2.05, 4.69) is 5.43 Å². The lowest BCUT2D eigenvalue weighted by molar-refractivity contribution is -1.11. The number of carbonyl (C=O) groups is 1. The highest BCUT2D eigenvalue weighted by Gasteiger charge is 2.62. The number of quaternary nitrogens is 1. The predicted molar refractivity (Wildman–Crippen MR) is 56.8 cm³/mol. The Morgan fingerprint density at radius 2 is 1.67 bits per heavy atom. The minimum atomic E-state index is -0.642. The van der Waals surface area contributed by atoms with E-state index in [1.165, 1.54) is 0 Å². The number of amides is 2. The maximum Gasteiger partial charge on any atom is 0.463 e. The molecule has 2 amide bonds. The summed E-state index contributed by atoms with van der Waals surface area (Å²) < 4.78 is -0.642. The molecule has 1 saturated heterocycles. The molecule has 1 fully saturated rings. The number of nitrogens with two attached hydrogens (primary N) is 1. The Balaban J connectivity index is 3.21. The van der Waals surface area contributed by atoms with Crippen LogP contribution in [0.25, 0.3) is 0 Å². The van der Waals surface area contributed by atoms with E-state index in [9.17, 15) is 10.0 Å². The molecule has 0 aromatic carbocycles. The van der Waals surface area contributed by atoms with Gasteiger partial charge in [0.1, 0.15) is 11.1 Å². The zero-order chi connectivity index (χ0) is 11.9. The van der Waals surface area contributed by atoms with Gasteiger partial charge in [-0.1, -0.05) is 4.65 Å². The van der Waals surface area contributed by atoms with E-state index in [-0.39, 0.29) is 0 Å². The molecule has 1 rings (SSSR count). The van der Waals surface area contributed by atoms with Crippen molar-refractivity contribution >= 4 is 6.03 Å². The van der Waals surface area contributed by atoms with E-state index in [4.69, 9.17) is 5.84 Å². The van der Waals surface area contributed by atoms with Crippen molar-refractivity contribution in [1.82, 2.24) is 5.43 Å². The summed E-state index contributed by atoms with van der Waals surface area (Å²) in [7, 11) is 0. The lowest BCUT2D eigenvalue weighted by atomic mass is 9.79. The van der Waals surface area contributed by atoms with E-state index in [1.807, 2.05) is 27.7 Å². The van der Waals surface area contributed by atoms with Gasteiger partial charge in [0.15, 0.2) is 0 Å². The van der Waals surface area contributed by atoms with Crippen LogP contribution in [-0.4, -0.2) is 27.0 Å². The number of piperidine rings is 1. The standard InChI is InChI=1S/C10H21N3O2/c1-9(2)6-5-7-10(3,4)13(9,15)8(14)12-11/h15H,5-7,11H2,1-4H3/p+1. The molecule has 88 valence electrons. The van der Waals surface area contributed by atoms with Crippen molar-refractivity contribution in [1.29, 1.82) is 0 Å². The van der Waals surface area contributed by atoms with Crippen LogP contribution in [0.3, 0.4) is 0 Å². The topological polar surface area (TPSA) is 75.3 Å². The first-order valence-electron chi connectivity index (χ1n) is 5.32. The minimum Gasteiger partial charge on any atom is -0.243 e. The molecular formula is C10H22N3O2+. The van der Waals surface area contributed by atoms with Gasteiger partial charge in [0.25, 0.3) is 0 Å². The maximum absolute atomic E-state index is 11.8. The van der Waals surface area contributed by atoms with Crippen molar-refractivity contribution < 1.29 is 14.6 Å². The van der Waals surface area contributed by atoms with Crippen LogP contribution in [0, 0.1) is 0 Å². The summed E-state index contributed by atoms with van der Waals surface area (Å²) in [4.78, 5) is 11.8. The predicted octanol–water partition coefficient (Wildman–Crippen LogP) is 1.52. The van der Waals surface area contributed by atoms with E-state index in [0.717, 1.165) is 19.3 Å². The number of hydrogen-bond acceptors (Lipinski definition) is 3. The Kier molecular flexibility index (Phi) is 2.84. The number of urea groups is 1. The summed E-state index contributed by atoms with van der Waals surface area (Å²) in [6.07, 6.45) is 2.62. The number of hydrazine groups is 1. The Morgan fingerprint density at radius 3 is 2.00 bits per heavy atom. The first-order valence-corrected chi connectivity index (χ1v) is 5.32. The SMILES string of the molecule is CC1(C)CCCC(C)(C)[N+]1(O)C(=O)NN. The molecular weight excluding hydrogens is 194 g/mol. The summed E-state index contributed by atoms with van der Waals surface area (Å²) in [5, 5.41) is 10.6. The summed E-state index contributed by atoms with van der Waals surface area (Å²) >= 11 is 0. The first-order chi connectivity index (χ1) is 6.69. The van der Waals surface area contributed by atoms with Crippen LogP contribution in [0.15, 0.2) is 0 Å². The summed E-state index contributed by atoms with van der Waals surface area (Å²) in [5.74, 6) is 5.16. The highest BCUT2D eigenvalue weighted by atomic mass is 16.6. The van der Waals surface area contributed by atoms with Gasteiger partial charge in [0.2, 0.25) is 0 Å². The van der Waals surface area contributed by atoms with Crippen molar-refractivity contribution in [2.75, 3.05) is 0 Å². The quantitative estimate of drug-likeness (QED) is 0.189. The number of carbonyl (C=O) groups excluding carboxylic acids is 1. The number of nitrogens with one attached hydrogen (secondary N) is 1. The molecule has 0 bridgehead atoms.